The predicted molar refractivity (Wildman–Crippen MR) is 167 cm³/mol. The molecule has 0 aliphatic rings. The van der Waals surface area contributed by atoms with Crippen molar-refractivity contribution in [2.24, 2.45) is 0 Å². The van der Waals surface area contributed by atoms with Crippen molar-refractivity contribution in [1.29, 1.82) is 0 Å². The number of hydrogen-bond donors (Lipinski definition) is 2. The number of nitrogens with one attached hydrogen (secondary N) is 2. The van der Waals surface area contributed by atoms with Gasteiger partial charge in [-0.05, 0) is 32.1 Å². The van der Waals surface area contributed by atoms with Gasteiger partial charge < -0.3 is 10.6 Å². The maximum Gasteiger partial charge on any atom is 0.220 e. The molecule has 0 radical (unpaired) electrons. The van der Waals surface area contributed by atoms with Crippen LogP contribution in [-0.4, -0.2) is 24.4 Å². The third kappa shape index (κ3) is 28.0. The Morgan fingerprint density at radius 2 is 0.842 bits per heavy atom. The average molecular weight is 537 g/mol. The minimum atomic E-state index is 0.189. The number of amides is 2. The Bertz CT molecular complexity index is 509. The van der Waals surface area contributed by atoms with Gasteiger partial charge in [0.25, 0.3) is 0 Å². The lowest BCUT2D eigenvalue weighted by atomic mass is 10.0. The minimum absolute atomic E-state index is 0.189. The van der Waals surface area contributed by atoms with E-state index < -0.39 is 0 Å². The fraction of sp³-hybridized carbons (Fsp3) is 0.941. The SMILES string of the molecule is CCCCCCCCCCCCCC(=O)NCCCC(CC)NC(=O)CCCCCCCCCCCCC. The standard InChI is InChI=1S/C34H68N2O2/c1-4-7-9-11-13-15-17-19-21-23-25-29-33(37)35-31-27-28-32(6-3)36-34(38)30-26-24-22-20-18-16-14-12-10-8-5-2/h32H,4-31H2,1-3H3,(H,35,37)(H,36,38). The molecule has 0 aliphatic heterocycles. The van der Waals surface area contributed by atoms with Crippen LogP contribution in [0.5, 0.6) is 0 Å². The lowest BCUT2D eigenvalue weighted by Gasteiger charge is -2.17. The van der Waals surface area contributed by atoms with Crippen LogP contribution in [0.2, 0.25) is 0 Å². The van der Waals surface area contributed by atoms with E-state index in [0.717, 1.165) is 38.6 Å². The highest BCUT2D eigenvalue weighted by atomic mass is 16.2. The number of hydrogen-bond acceptors (Lipinski definition) is 2. The second-order valence-electron chi connectivity index (χ2n) is 11.7. The first-order valence-electron chi connectivity index (χ1n) is 17.2. The monoisotopic (exact) mass is 537 g/mol. The van der Waals surface area contributed by atoms with Crippen LogP contribution in [0.3, 0.4) is 0 Å². The van der Waals surface area contributed by atoms with E-state index in [9.17, 15) is 9.59 Å². The summed E-state index contributed by atoms with van der Waals surface area (Å²) < 4.78 is 0. The van der Waals surface area contributed by atoms with Crippen LogP contribution in [-0.2, 0) is 9.59 Å². The van der Waals surface area contributed by atoms with Gasteiger partial charge in [-0.25, -0.2) is 0 Å². The van der Waals surface area contributed by atoms with E-state index in [1.807, 2.05) is 0 Å². The van der Waals surface area contributed by atoms with Crippen LogP contribution in [0.25, 0.3) is 0 Å². The van der Waals surface area contributed by atoms with Crippen molar-refractivity contribution in [3.05, 3.63) is 0 Å². The maximum absolute atomic E-state index is 12.3. The highest BCUT2D eigenvalue weighted by Crippen LogP contribution is 2.13. The van der Waals surface area contributed by atoms with E-state index in [1.54, 1.807) is 0 Å². The van der Waals surface area contributed by atoms with Crippen molar-refractivity contribution in [3.8, 4) is 0 Å². The lowest BCUT2D eigenvalue weighted by molar-refractivity contribution is -0.122. The molecule has 4 nitrogen and oxygen atoms in total. The average Bonchev–Trinajstić information content (AvgIpc) is 2.92. The molecule has 226 valence electrons. The van der Waals surface area contributed by atoms with E-state index in [0.29, 0.717) is 12.8 Å². The molecule has 2 amide bonds. The summed E-state index contributed by atoms with van der Waals surface area (Å²) in [6.45, 7) is 7.40. The highest BCUT2D eigenvalue weighted by molar-refractivity contribution is 5.76. The molecule has 38 heavy (non-hydrogen) atoms. The molecule has 0 aromatic heterocycles. The van der Waals surface area contributed by atoms with Gasteiger partial charge in [0, 0.05) is 25.4 Å². The van der Waals surface area contributed by atoms with Crippen molar-refractivity contribution < 1.29 is 9.59 Å². The van der Waals surface area contributed by atoms with Gasteiger partial charge >= 0.3 is 0 Å². The van der Waals surface area contributed by atoms with Crippen molar-refractivity contribution >= 4 is 11.8 Å². The molecule has 0 spiro atoms. The second-order valence-corrected chi connectivity index (χ2v) is 11.7. The Labute approximate surface area is 238 Å². The third-order valence-electron chi connectivity index (χ3n) is 7.92. The molecule has 0 aromatic rings. The first kappa shape index (κ1) is 36.9. The Morgan fingerprint density at radius 1 is 0.474 bits per heavy atom. The summed E-state index contributed by atoms with van der Waals surface area (Å²) in [5.41, 5.74) is 0. The zero-order chi connectivity index (χ0) is 27.9. The molecule has 0 bridgehead atoms. The Hall–Kier alpha value is -1.06. The summed E-state index contributed by atoms with van der Waals surface area (Å²) in [6.07, 6.45) is 32.9. The highest BCUT2D eigenvalue weighted by Gasteiger charge is 2.10. The topological polar surface area (TPSA) is 58.2 Å². The van der Waals surface area contributed by atoms with Gasteiger partial charge in [0.15, 0.2) is 0 Å². The van der Waals surface area contributed by atoms with Crippen LogP contribution in [0.15, 0.2) is 0 Å². The van der Waals surface area contributed by atoms with Gasteiger partial charge in [-0.3, -0.25) is 9.59 Å². The molecule has 0 aromatic carbocycles. The molecular weight excluding hydrogens is 468 g/mol. The molecular formula is C34H68N2O2. The van der Waals surface area contributed by atoms with Crippen LogP contribution in [0.4, 0.5) is 0 Å². The van der Waals surface area contributed by atoms with Crippen LogP contribution < -0.4 is 10.6 Å². The van der Waals surface area contributed by atoms with Gasteiger partial charge in [0.2, 0.25) is 11.8 Å². The summed E-state index contributed by atoms with van der Waals surface area (Å²) in [5.74, 6) is 0.391. The molecule has 4 heteroatoms. The largest absolute Gasteiger partial charge is 0.356 e. The van der Waals surface area contributed by atoms with E-state index in [-0.39, 0.29) is 17.9 Å². The Kier molecular flexibility index (Phi) is 29.6. The van der Waals surface area contributed by atoms with Crippen LogP contribution in [0.1, 0.15) is 194 Å². The summed E-state index contributed by atoms with van der Waals surface area (Å²) in [5, 5.41) is 6.29. The summed E-state index contributed by atoms with van der Waals surface area (Å²) in [6, 6.07) is 0.235. The summed E-state index contributed by atoms with van der Waals surface area (Å²) >= 11 is 0. The van der Waals surface area contributed by atoms with Gasteiger partial charge in [0.05, 0.1) is 0 Å². The second kappa shape index (κ2) is 30.5. The van der Waals surface area contributed by atoms with E-state index in [2.05, 4.69) is 31.4 Å². The van der Waals surface area contributed by atoms with Crippen molar-refractivity contribution in [3.63, 3.8) is 0 Å². The molecule has 0 heterocycles. The molecule has 0 saturated carbocycles. The first-order chi connectivity index (χ1) is 18.6. The van der Waals surface area contributed by atoms with E-state index >= 15 is 0 Å². The minimum Gasteiger partial charge on any atom is -0.356 e. The van der Waals surface area contributed by atoms with Gasteiger partial charge in [0.1, 0.15) is 0 Å². The predicted octanol–water partition coefficient (Wildman–Crippen LogP) is 10.2. The Morgan fingerprint density at radius 3 is 1.24 bits per heavy atom. The first-order valence-corrected chi connectivity index (χ1v) is 17.2. The molecule has 0 aliphatic carbocycles. The number of unbranched alkanes of at least 4 members (excludes halogenated alkanes) is 20. The van der Waals surface area contributed by atoms with E-state index in [1.165, 1.54) is 128 Å². The van der Waals surface area contributed by atoms with Crippen LogP contribution >= 0.6 is 0 Å². The van der Waals surface area contributed by atoms with Crippen molar-refractivity contribution in [2.45, 2.75) is 200 Å². The van der Waals surface area contributed by atoms with Crippen molar-refractivity contribution in [1.82, 2.24) is 10.6 Å². The molecule has 0 fully saturated rings. The van der Waals surface area contributed by atoms with E-state index in [4.69, 9.17) is 0 Å². The summed E-state index contributed by atoms with van der Waals surface area (Å²) in [4.78, 5) is 24.4. The Balaban J connectivity index is 3.53. The van der Waals surface area contributed by atoms with Gasteiger partial charge in [-0.15, -0.1) is 0 Å². The summed E-state index contributed by atoms with van der Waals surface area (Å²) in [7, 11) is 0. The molecule has 1 atom stereocenters. The maximum atomic E-state index is 12.3. The smallest absolute Gasteiger partial charge is 0.220 e. The molecule has 0 rings (SSSR count). The van der Waals surface area contributed by atoms with Crippen molar-refractivity contribution in [2.75, 3.05) is 6.54 Å². The third-order valence-corrected chi connectivity index (χ3v) is 7.92. The lowest BCUT2D eigenvalue weighted by Crippen LogP contribution is -2.35. The van der Waals surface area contributed by atoms with Gasteiger partial charge in [-0.1, -0.05) is 149 Å². The molecule has 1 unspecified atom stereocenters. The zero-order valence-corrected chi connectivity index (χ0v) is 26.2. The van der Waals surface area contributed by atoms with Gasteiger partial charge in [-0.2, -0.15) is 0 Å². The number of carbonyl (C=O) groups excluding carboxylic acids is 2. The fourth-order valence-electron chi connectivity index (χ4n) is 5.24. The normalized spacial score (nSPS) is 12.0. The fourth-order valence-corrected chi connectivity index (χ4v) is 5.24. The molecule has 0 saturated heterocycles. The zero-order valence-electron chi connectivity index (χ0n) is 26.2. The molecule has 2 N–H and O–H groups in total. The number of carbonyl (C=O) groups is 2. The number of rotatable bonds is 30. The van der Waals surface area contributed by atoms with Crippen LogP contribution in [0, 0.1) is 0 Å². The quantitative estimate of drug-likeness (QED) is 0.0897.